The number of ether oxygens (including phenoxy) is 1. The van der Waals surface area contributed by atoms with Crippen LogP contribution in [0.2, 0.25) is 0 Å². The van der Waals surface area contributed by atoms with Crippen molar-refractivity contribution in [2.45, 2.75) is 58.2 Å². The Labute approximate surface area is 165 Å². The summed E-state index contributed by atoms with van der Waals surface area (Å²) in [5, 5.41) is 0. The highest BCUT2D eigenvalue weighted by molar-refractivity contribution is 9.10. The van der Waals surface area contributed by atoms with Crippen LogP contribution >= 0.6 is 15.9 Å². The van der Waals surface area contributed by atoms with Gasteiger partial charge in [0.05, 0.1) is 6.10 Å². The molecule has 4 rings (SSSR count). The molecule has 1 atom stereocenters. The highest BCUT2D eigenvalue weighted by Crippen LogP contribution is 2.28. The molecule has 0 amide bonds. The first kappa shape index (κ1) is 18.2. The molecule has 1 saturated heterocycles. The van der Waals surface area contributed by atoms with E-state index in [2.05, 4.69) is 64.2 Å². The number of hydrogen-bond donors (Lipinski definition) is 0. The van der Waals surface area contributed by atoms with Gasteiger partial charge in [0.15, 0.2) is 0 Å². The molecule has 0 N–H and O–H groups in total. The molecule has 138 valence electrons. The smallest absolute Gasteiger partial charge is 0.0703 e. The van der Waals surface area contributed by atoms with Gasteiger partial charge >= 0.3 is 0 Å². The zero-order valence-corrected chi connectivity index (χ0v) is 17.2. The van der Waals surface area contributed by atoms with Crippen LogP contribution in [-0.2, 0) is 30.7 Å². The summed E-state index contributed by atoms with van der Waals surface area (Å²) in [6, 6.07) is 13.6. The number of fused-ring (bicyclic) bond motifs is 1. The van der Waals surface area contributed by atoms with E-state index in [-0.39, 0.29) is 0 Å². The molecule has 1 aliphatic heterocycles. The van der Waals surface area contributed by atoms with Gasteiger partial charge in [-0.05, 0) is 72.9 Å². The molecule has 0 bridgehead atoms. The third-order valence-electron chi connectivity index (χ3n) is 5.73. The third kappa shape index (κ3) is 4.21. The van der Waals surface area contributed by atoms with Crippen LogP contribution in [0.15, 0.2) is 40.9 Å². The first-order chi connectivity index (χ1) is 12.7. The molecular formula is C23H28BrNO. The normalized spacial score (nSPS) is 19.3. The lowest BCUT2D eigenvalue weighted by molar-refractivity contribution is 0.0677. The van der Waals surface area contributed by atoms with Gasteiger partial charge < -0.3 is 4.74 Å². The van der Waals surface area contributed by atoms with Gasteiger partial charge in [-0.1, -0.05) is 46.3 Å². The van der Waals surface area contributed by atoms with Crippen LogP contribution in [0.1, 0.15) is 47.1 Å². The molecule has 1 aliphatic carbocycles. The van der Waals surface area contributed by atoms with Gasteiger partial charge in [-0.2, -0.15) is 0 Å². The largest absolute Gasteiger partial charge is 0.377 e. The van der Waals surface area contributed by atoms with Crippen LogP contribution in [0, 0.1) is 6.92 Å². The summed E-state index contributed by atoms with van der Waals surface area (Å²) >= 11 is 3.77. The average molecular weight is 414 g/mol. The Morgan fingerprint density at radius 1 is 1.08 bits per heavy atom. The highest BCUT2D eigenvalue weighted by Gasteiger charge is 2.22. The van der Waals surface area contributed by atoms with Crippen molar-refractivity contribution in [3.05, 3.63) is 68.7 Å². The lowest BCUT2D eigenvalue weighted by Crippen LogP contribution is -2.32. The quantitative estimate of drug-likeness (QED) is 0.625. The predicted octanol–water partition coefficient (Wildman–Crippen LogP) is 5.43. The van der Waals surface area contributed by atoms with E-state index in [1.54, 1.807) is 11.1 Å². The van der Waals surface area contributed by atoms with Crippen LogP contribution in [0.5, 0.6) is 0 Å². The molecule has 2 aromatic rings. The third-order valence-corrected chi connectivity index (χ3v) is 6.46. The summed E-state index contributed by atoms with van der Waals surface area (Å²) in [7, 11) is 0. The second-order valence-corrected chi connectivity index (χ2v) is 8.66. The minimum Gasteiger partial charge on any atom is -0.377 e. The van der Waals surface area contributed by atoms with Crippen LogP contribution in [-0.4, -0.2) is 24.2 Å². The van der Waals surface area contributed by atoms with Crippen molar-refractivity contribution in [1.29, 1.82) is 0 Å². The van der Waals surface area contributed by atoms with Gasteiger partial charge in [-0.25, -0.2) is 0 Å². The predicted molar refractivity (Wildman–Crippen MR) is 110 cm³/mol. The second-order valence-electron chi connectivity index (χ2n) is 7.81. The first-order valence-corrected chi connectivity index (χ1v) is 10.7. The van der Waals surface area contributed by atoms with E-state index in [1.165, 1.54) is 53.3 Å². The van der Waals surface area contributed by atoms with Gasteiger partial charge in [-0.3, -0.25) is 4.90 Å². The summed E-state index contributed by atoms with van der Waals surface area (Å²) in [4.78, 5) is 2.58. The van der Waals surface area contributed by atoms with Crippen LogP contribution in [0.4, 0.5) is 0 Å². The Morgan fingerprint density at radius 2 is 1.96 bits per heavy atom. The van der Waals surface area contributed by atoms with Gasteiger partial charge in [0, 0.05) is 30.7 Å². The number of hydrogen-bond acceptors (Lipinski definition) is 2. The van der Waals surface area contributed by atoms with E-state index < -0.39 is 0 Å². The Bertz CT molecular complexity index is 767. The SMILES string of the molecule is Cc1ccc(CN(Cc2cccc3c2CCC3)CC2CCCO2)c(Br)c1. The molecule has 2 aliphatic rings. The Kier molecular flexibility index (Phi) is 5.78. The molecule has 1 unspecified atom stereocenters. The maximum Gasteiger partial charge on any atom is 0.0703 e. The number of rotatable bonds is 6. The fraction of sp³-hybridized carbons (Fsp3) is 0.478. The maximum atomic E-state index is 5.95. The molecule has 3 heteroatoms. The van der Waals surface area contributed by atoms with E-state index >= 15 is 0 Å². The van der Waals surface area contributed by atoms with Gasteiger partial charge in [0.1, 0.15) is 0 Å². The fourth-order valence-electron chi connectivity index (χ4n) is 4.37. The highest BCUT2D eigenvalue weighted by atomic mass is 79.9. The van der Waals surface area contributed by atoms with Gasteiger partial charge in [-0.15, -0.1) is 0 Å². The van der Waals surface area contributed by atoms with Crippen molar-refractivity contribution in [2.75, 3.05) is 13.2 Å². The summed E-state index contributed by atoms with van der Waals surface area (Å²) in [5.74, 6) is 0. The molecule has 26 heavy (non-hydrogen) atoms. The zero-order chi connectivity index (χ0) is 17.9. The molecule has 1 fully saturated rings. The first-order valence-electron chi connectivity index (χ1n) is 9.87. The molecule has 0 radical (unpaired) electrons. The van der Waals surface area contributed by atoms with Crippen LogP contribution in [0.25, 0.3) is 0 Å². The van der Waals surface area contributed by atoms with Crippen molar-refractivity contribution >= 4 is 15.9 Å². The minimum atomic E-state index is 0.385. The summed E-state index contributed by atoms with van der Waals surface area (Å²) in [5.41, 5.74) is 7.35. The molecule has 0 spiro atoms. The van der Waals surface area contributed by atoms with Crippen molar-refractivity contribution in [3.63, 3.8) is 0 Å². The summed E-state index contributed by atoms with van der Waals surface area (Å²) in [6.45, 7) is 6.07. The topological polar surface area (TPSA) is 12.5 Å². The van der Waals surface area contributed by atoms with Crippen molar-refractivity contribution in [2.24, 2.45) is 0 Å². The van der Waals surface area contributed by atoms with Crippen molar-refractivity contribution in [1.82, 2.24) is 4.90 Å². The number of aryl methyl sites for hydroxylation is 2. The van der Waals surface area contributed by atoms with E-state index in [0.717, 1.165) is 26.2 Å². The molecule has 0 aromatic heterocycles. The Balaban J connectivity index is 1.55. The number of halogens is 1. The summed E-state index contributed by atoms with van der Waals surface area (Å²) < 4.78 is 7.16. The van der Waals surface area contributed by atoms with Crippen molar-refractivity contribution < 1.29 is 4.74 Å². The Morgan fingerprint density at radius 3 is 2.77 bits per heavy atom. The van der Waals surface area contributed by atoms with Crippen LogP contribution in [0.3, 0.4) is 0 Å². The lowest BCUT2D eigenvalue weighted by Gasteiger charge is -2.27. The minimum absolute atomic E-state index is 0.385. The average Bonchev–Trinajstić information content (AvgIpc) is 3.29. The van der Waals surface area contributed by atoms with Crippen LogP contribution < -0.4 is 0 Å². The number of nitrogens with zero attached hydrogens (tertiary/aromatic N) is 1. The molecule has 2 aromatic carbocycles. The number of benzene rings is 2. The fourth-order valence-corrected chi connectivity index (χ4v) is 4.99. The van der Waals surface area contributed by atoms with Gasteiger partial charge in [0.25, 0.3) is 0 Å². The standard InChI is InChI=1S/C23H28BrNO/c1-17-10-11-20(23(24)13-17)15-25(16-21-8-4-12-26-21)14-19-7-2-5-18-6-3-9-22(18)19/h2,5,7,10-11,13,21H,3-4,6,8-9,12,14-16H2,1H3. The molecule has 1 heterocycles. The van der Waals surface area contributed by atoms with E-state index in [4.69, 9.17) is 4.74 Å². The van der Waals surface area contributed by atoms with E-state index in [0.29, 0.717) is 6.10 Å². The van der Waals surface area contributed by atoms with E-state index in [1.807, 2.05) is 0 Å². The summed E-state index contributed by atoms with van der Waals surface area (Å²) in [6.07, 6.45) is 6.58. The molecule has 2 nitrogen and oxygen atoms in total. The molecule has 0 saturated carbocycles. The monoisotopic (exact) mass is 413 g/mol. The van der Waals surface area contributed by atoms with Crippen molar-refractivity contribution in [3.8, 4) is 0 Å². The second kappa shape index (κ2) is 8.24. The zero-order valence-electron chi connectivity index (χ0n) is 15.6. The van der Waals surface area contributed by atoms with E-state index in [9.17, 15) is 0 Å². The Hall–Kier alpha value is -1.16. The maximum absolute atomic E-state index is 5.95. The van der Waals surface area contributed by atoms with Gasteiger partial charge in [0.2, 0.25) is 0 Å². The lowest BCUT2D eigenvalue weighted by atomic mass is 10.0. The molecular weight excluding hydrogens is 386 g/mol.